The number of hydrogen-bond acceptors (Lipinski definition) is 7. The summed E-state index contributed by atoms with van der Waals surface area (Å²) in [6, 6.07) is 14.3. The first-order chi connectivity index (χ1) is 14.0. The fourth-order valence-corrected chi connectivity index (χ4v) is 3.24. The molecule has 0 unspecified atom stereocenters. The van der Waals surface area contributed by atoms with Crippen molar-refractivity contribution in [3.8, 4) is 11.4 Å². The second-order valence-corrected chi connectivity index (χ2v) is 7.16. The van der Waals surface area contributed by atoms with Crippen molar-refractivity contribution in [3.05, 3.63) is 65.2 Å². The molecule has 0 radical (unpaired) electrons. The van der Waals surface area contributed by atoms with Gasteiger partial charge in [0, 0.05) is 10.7 Å². The van der Waals surface area contributed by atoms with Gasteiger partial charge in [-0.25, -0.2) is 9.67 Å². The number of benzene rings is 2. The van der Waals surface area contributed by atoms with Gasteiger partial charge in [-0.3, -0.25) is 4.79 Å². The molecule has 0 atom stereocenters. The SMILES string of the molecule is CSc1nnnn1-c1cccc(NC(=O)c2nc(C)n(-c3ccc(Cl)cc3)n2)c1. The summed E-state index contributed by atoms with van der Waals surface area (Å²) in [4.78, 5) is 16.9. The largest absolute Gasteiger partial charge is 0.319 e. The predicted molar refractivity (Wildman–Crippen MR) is 110 cm³/mol. The first-order valence-electron chi connectivity index (χ1n) is 8.49. The zero-order chi connectivity index (χ0) is 20.4. The number of hydrogen-bond donors (Lipinski definition) is 1. The van der Waals surface area contributed by atoms with Crippen LogP contribution in [0.25, 0.3) is 11.4 Å². The molecule has 1 amide bonds. The minimum absolute atomic E-state index is 0.0649. The summed E-state index contributed by atoms with van der Waals surface area (Å²) < 4.78 is 3.19. The summed E-state index contributed by atoms with van der Waals surface area (Å²) in [7, 11) is 0. The quantitative estimate of drug-likeness (QED) is 0.489. The van der Waals surface area contributed by atoms with E-state index in [9.17, 15) is 4.79 Å². The number of anilines is 1. The molecule has 4 rings (SSSR count). The molecule has 2 heterocycles. The highest BCUT2D eigenvalue weighted by atomic mass is 35.5. The fraction of sp³-hybridized carbons (Fsp3) is 0.111. The van der Waals surface area contributed by atoms with Crippen molar-refractivity contribution in [1.29, 1.82) is 0 Å². The molecule has 0 aliphatic carbocycles. The maximum atomic E-state index is 12.7. The van der Waals surface area contributed by atoms with Gasteiger partial charge in [-0.1, -0.05) is 29.4 Å². The van der Waals surface area contributed by atoms with Crippen LogP contribution in [-0.4, -0.2) is 47.1 Å². The van der Waals surface area contributed by atoms with Crippen LogP contribution < -0.4 is 5.32 Å². The number of rotatable bonds is 5. The van der Waals surface area contributed by atoms with E-state index in [1.54, 1.807) is 40.6 Å². The van der Waals surface area contributed by atoms with Gasteiger partial charge >= 0.3 is 0 Å². The molecule has 0 spiro atoms. The number of thioether (sulfide) groups is 1. The zero-order valence-corrected chi connectivity index (χ0v) is 17.0. The Morgan fingerprint density at radius 1 is 1.10 bits per heavy atom. The third kappa shape index (κ3) is 3.98. The van der Waals surface area contributed by atoms with Gasteiger partial charge in [0.25, 0.3) is 5.91 Å². The number of nitrogens with zero attached hydrogens (tertiary/aromatic N) is 7. The average Bonchev–Trinajstić information content (AvgIpc) is 3.35. The number of carbonyl (C=O) groups is 1. The Hall–Kier alpha value is -3.24. The van der Waals surface area contributed by atoms with E-state index in [0.29, 0.717) is 21.7 Å². The van der Waals surface area contributed by atoms with Crippen LogP contribution >= 0.6 is 23.4 Å². The predicted octanol–water partition coefficient (Wildman–Crippen LogP) is 3.18. The lowest BCUT2D eigenvalue weighted by Crippen LogP contribution is -2.14. The first-order valence-corrected chi connectivity index (χ1v) is 10.1. The van der Waals surface area contributed by atoms with E-state index in [1.165, 1.54) is 11.8 Å². The Bertz CT molecular complexity index is 1170. The van der Waals surface area contributed by atoms with Gasteiger partial charge in [0.15, 0.2) is 0 Å². The molecule has 2 aromatic heterocycles. The van der Waals surface area contributed by atoms with E-state index in [-0.39, 0.29) is 5.82 Å². The molecular weight excluding hydrogens is 412 g/mol. The average molecular weight is 427 g/mol. The Kier molecular flexibility index (Phi) is 5.28. The van der Waals surface area contributed by atoms with Crippen LogP contribution in [0.15, 0.2) is 53.7 Å². The minimum atomic E-state index is -0.417. The lowest BCUT2D eigenvalue weighted by Gasteiger charge is -2.06. The Morgan fingerprint density at radius 2 is 1.90 bits per heavy atom. The number of nitrogens with one attached hydrogen (secondary N) is 1. The zero-order valence-electron chi connectivity index (χ0n) is 15.4. The summed E-state index contributed by atoms with van der Waals surface area (Å²) in [5, 5.41) is 20.0. The first kappa shape index (κ1) is 19.1. The van der Waals surface area contributed by atoms with E-state index < -0.39 is 5.91 Å². The van der Waals surface area contributed by atoms with Crippen molar-refractivity contribution >= 4 is 35.0 Å². The van der Waals surface area contributed by atoms with Crippen LogP contribution in [0.3, 0.4) is 0 Å². The van der Waals surface area contributed by atoms with Crippen LogP contribution in [0.2, 0.25) is 5.02 Å². The van der Waals surface area contributed by atoms with Crippen LogP contribution in [0.5, 0.6) is 0 Å². The molecule has 2 aromatic carbocycles. The lowest BCUT2D eigenvalue weighted by molar-refractivity contribution is 0.101. The minimum Gasteiger partial charge on any atom is -0.319 e. The summed E-state index contributed by atoms with van der Waals surface area (Å²) in [6.07, 6.45) is 1.89. The van der Waals surface area contributed by atoms with Gasteiger partial charge in [0.05, 0.1) is 11.4 Å². The van der Waals surface area contributed by atoms with Gasteiger partial charge in [-0.15, -0.1) is 10.2 Å². The molecule has 1 N–H and O–H groups in total. The van der Waals surface area contributed by atoms with E-state index in [1.807, 2.05) is 30.5 Å². The Morgan fingerprint density at radius 3 is 2.66 bits per heavy atom. The van der Waals surface area contributed by atoms with Crippen molar-refractivity contribution in [1.82, 2.24) is 35.0 Å². The highest BCUT2D eigenvalue weighted by molar-refractivity contribution is 7.98. The normalized spacial score (nSPS) is 10.9. The van der Waals surface area contributed by atoms with E-state index in [2.05, 4.69) is 30.9 Å². The van der Waals surface area contributed by atoms with Gasteiger partial charge in [-0.2, -0.15) is 4.68 Å². The standard InChI is InChI=1S/C18H15ClN8OS/c1-11-20-16(23-26(11)14-8-6-12(19)7-9-14)17(28)21-13-4-3-5-15(10-13)27-18(29-2)22-24-25-27/h3-10H,1-2H3,(H,21,28). The van der Waals surface area contributed by atoms with Crippen molar-refractivity contribution in [2.45, 2.75) is 12.1 Å². The highest BCUT2D eigenvalue weighted by Gasteiger charge is 2.16. The Balaban J connectivity index is 1.57. The maximum Gasteiger partial charge on any atom is 0.295 e. The summed E-state index contributed by atoms with van der Waals surface area (Å²) in [6.45, 7) is 1.78. The molecular formula is C18H15ClN8OS. The van der Waals surface area contributed by atoms with E-state index in [4.69, 9.17) is 11.6 Å². The fourth-order valence-electron chi connectivity index (χ4n) is 2.68. The van der Waals surface area contributed by atoms with Crippen LogP contribution in [0.1, 0.15) is 16.4 Å². The number of amides is 1. The molecule has 4 aromatic rings. The summed E-state index contributed by atoms with van der Waals surface area (Å²) in [5.74, 6) is 0.236. The molecule has 29 heavy (non-hydrogen) atoms. The van der Waals surface area contributed by atoms with Crippen molar-refractivity contribution in [3.63, 3.8) is 0 Å². The molecule has 9 nitrogen and oxygen atoms in total. The number of carbonyl (C=O) groups excluding carboxylic acids is 1. The van der Waals surface area contributed by atoms with Crippen LogP contribution in [-0.2, 0) is 0 Å². The third-order valence-electron chi connectivity index (χ3n) is 4.02. The molecule has 146 valence electrons. The summed E-state index contributed by atoms with van der Waals surface area (Å²) >= 11 is 7.35. The van der Waals surface area contributed by atoms with Gasteiger partial charge in [-0.05, 0) is 66.1 Å². The second-order valence-electron chi connectivity index (χ2n) is 5.95. The van der Waals surface area contributed by atoms with Crippen LogP contribution in [0.4, 0.5) is 5.69 Å². The smallest absolute Gasteiger partial charge is 0.295 e. The summed E-state index contributed by atoms with van der Waals surface area (Å²) in [5.41, 5.74) is 2.08. The molecule has 0 aliphatic rings. The number of aromatic nitrogens is 7. The molecule has 0 aliphatic heterocycles. The van der Waals surface area contributed by atoms with Crippen LogP contribution in [0, 0.1) is 6.92 Å². The van der Waals surface area contributed by atoms with Crippen molar-refractivity contribution in [2.24, 2.45) is 0 Å². The van der Waals surface area contributed by atoms with Gasteiger partial charge in [0.2, 0.25) is 11.0 Å². The lowest BCUT2D eigenvalue weighted by atomic mass is 10.2. The van der Waals surface area contributed by atoms with Gasteiger partial charge in [0.1, 0.15) is 5.82 Å². The molecule has 11 heteroatoms. The number of aryl methyl sites for hydroxylation is 1. The maximum absolute atomic E-state index is 12.7. The van der Waals surface area contributed by atoms with Gasteiger partial charge < -0.3 is 5.32 Å². The van der Waals surface area contributed by atoms with E-state index in [0.717, 1.165) is 11.4 Å². The Labute approximate surface area is 175 Å². The van der Waals surface area contributed by atoms with E-state index >= 15 is 0 Å². The monoisotopic (exact) mass is 426 g/mol. The molecule has 0 fully saturated rings. The number of tetrazole rings is 1. The molecule has 0 saturated heterocycles. The molecule has 0 bridgehead atoms. The molecule has 0 saturated carbocycles. The highest BCUT2D eigenvalue weighted by Crippen LogP contribution is 2.19. The topological polar surface area (TPSA) is 103 Å². The number of halogens is 1. The van der Waals surface area contributed by atoms with Crippen molar-refractivity contribution in [2.75, 3.05) is 11.6 Å². The third-order valence-corrected chi connectivity index (χ3v) is 4.89. The second kappa shape index (κ2) is 8.02. The van der Waals surface area contributed by atoms with Crippen molar-refractivity contribution < 1.29 is 4.79 Å².